The van der Waals surface area contributed by atoms with E-state index in [1.807, 2.05) is 24.3 Å². The quantitative estimate of drug-likeness (QED) is 0.796. The molecule has 1 fully saturated rings. The van der Waals surface area contributed by atoms with E-state index in [0.29, 0.717) is 18.2 Å². The lowest BCUT2D eigenvalue weighted by molar-refractivity contribution is -0.120. The Morgan fingerprint density at radius 2 is 2.17 bits per heavy atom. The predicted octanol–water partition coefficient (Wildman–Crippen LogP) is 2.80. The number of ether oxygens (including phenoxy) is 1. The number of hydrogen-bond acceptors (Lipinski definition) is 5. The van der Waals surface area contributed by atoms with Gasteiger partial charge in [-0.15, -0.1) is 11.8 Å². The zero-order valence-electron chi connectivity index (χ0n) is 13.6. The molecule has 0 saturated carbocycles. The van der Waals surface area contributed by atoms with Crippen LogP contribution in [0.5, 0.6) is 0 Å². The zero-order chi connectivity index (χ0) is 16.6. The van der Waals surface area contributed by atoms with Crippen molar-refractivity contribution >= 4 is 17.7 Å². The van der Waals surface area contributed by atoms with E-state index in [1.54, 1.807) is 11.8 Å². The molecule has 6 heteroatoms. The molecule has 1 atom stereocenters. The van der Waals surface area contributed by atoms with Crippen LogP contribution in [-0.4, -0.2) is 30.8 Å². The summed E-state index contributed by atoms with van der Waals surface area (Å²) >= 11 is 1.77. The largest absolute Gasteiger partial charge is 0.381 e. The lowest BCUT2D eigenvalue weighted by Crippen LogP contribution is -2.30. The molecule has 1 aromatic carbocycles. The molecule has 0 spiro atoms. The van der Waals surface area contributed by atoms with Crippen molar-refractivity contribution in [3.05, 3.63) is 53.4 Å². The maximum absolute atomic E-state index is 11.9. The Bertz CT molecular complexity index is 639. The van der Waals surface area contributed by atoms with Crippen LogP contribution in [0, 0.1) is 5.92 Å². The molecule has 128 valence electrons. The maximum Gasteiger partial charge on any atom is 0.226 e. The van der Waals surface area contributed by atoms with Crippen LogP contribution in [0.25, 0.3) is 0 Å². The summed E-state index contributed by atoms with van der Waals surface area (Å²) in [6.07, 6.45) is 1.29. The maximum atomic E-state index is 11.9. The standard InChI is InChI=1S/C18H22N2O3S/c21-18(19-10-15-6-7-22-11-15)9-16-8-17(23-20-16)13-24-12-14-4-2-1-3-5-14/h1-5,8,15H,6-7,9-13H2,(H,19,21). The van der Waals surface area contributed by atoms with Crippen LogP contribution >= 0.6 is 11.8 Å². The first-order valence-electron chi connectivity index (χ1n) is 8.20. The van der Waals surface area contributed by atoms with Crippen molar-refractivity contribution in [2.75, 3.05) is 19.8 Å². The van der Waals surface area contributed by atoms with Crippen molar-refractivity contribution in [2.24, 2.45) is 5.92 Å². The fraction of sp³-hybridized carbons (Fsp3) is 0.444. The zero-order valence-corrected chi connectivity index (χ0v) is 14.4. The highest BCUT2D eigenvalue weighted by Crippen LogP contribution is 2.18. The molecule has 3 rings (SSSR count). The minimum absolute atomic E-state index is 0.0151. The molecule has 5 nitrogen and oxygen atoms in total. The first-order valence-corrected chi connectivity index (χ1v) is 9.35. The minimum Gasteiger partial charge on any atom is -0.381 e. The molecule has 1 aromatic heterocycles. The van der Waals surface area contributed by atoms with Crippen LogP contribution < -0.4 is 5.32 Å². The Morgan fingerprint density at radius 3 is 2.96 bits per heavy atom. The number of thioether (sulfide) groups is 1. The van der Waals surface area contributed by atoms with Crippen molar-refractivity contribution in [3.63, 3.8) is 0 Å². The molecule has 0 aliphatic carbocycles. The van der Waals surface area contributed by atoms with E-state index in [9.17, 15) is 4.79 Å². The third kappa shape index (κ3) is 5.39. The number of benzene rings is 1. The van der Waals surface area contributed by atoms with Gasteiger partial charge in [-0.1, -0.05) is 35.5 Å². The van der Waals surface area contributed by atoms with Gasteiger partial charge in [-0.25, -0.2) is 0 Å². The van der Waals surface area contributed by atoms with Crippen molar-refractivity contribution in [3.8, 4) is 0 Å². The van der Waals surface area contributed by atoms with Gasteiger partial charge in [0, 0.05) is 30.9 Å². The molecule has 24 heavy (non-hydrogen) atoms. The highest BCUT2D eigenvalue weighted by atomic mass is 32.2. The topological polar surface area (TPSA) is 64.4 Å². The van der Waals surface area contributed by atoms with Crippen molar-refractivity contribution in [2.45, 2.75) is 24.3 Å². The van der Waals surface area contributed by atoms with Crippen LogP contribution in [0.2, 0.25) is 0 Å². The second-order valence-corrected chi connectivity index (χ2v) is 6.96. The molecule has 0 radical (unpaired) electrons. The Morgan fingerprint density at radius 1 is 1.29 bits per heavy atom. The minimum atomic E-state index is -0.0151. The average molecular weight is 346 g/mol. The molecule has 1 unspecified atom stereocenters. The molecule has 1 aliphatic heterocycles. The van der Waals surface area contributed by atoms with E-state index in [2.05, 4.69) is 22.6 Å². The second-order valence-electron chi connectivity index (χ2n) is 5.97. The van der Waals surface area contributed by atoms with Crippen LogP contribution in [0.15, 0.2) is 40.9 Å². The van der Waals surface area contributed by atoms with Crippen molar-refractivity contribution < 1.29 is 14.1 Å². The van der Waals surface area contributed by atoms with Gasteiger partial charge in [0.25, 0.3) is 0 Å². The summed E-state index contributed by atoms with van der Waals surface area (Å²) in [6, 6.07) is 12.2. The third-order valence-corrected chi connectivity index (χ3v) is 4.94. The smallest absolute Gasteiger partial charge is 0.226 e. The first kappa shape index (κ1) is 17.0. The molecule has 1 amide bonds. The monoisotopic (exact) mass is 346 g/mol. The second kappa shape index (κ2) is 8.89. The average Bonchev–Trinajstić information content (AvgIpc) is 3.26. The van der Waals surface area contributed by atoms with Crippen LogP contribution in [0.4, 0.5) is 0 Å². The van der Waals surface area contributed by atoms with E-state index in [-0.39, 0.29) is 12.3 Å². The van der Waals surface area contributed by atoms with E-state index >= 15 is 0 Å². The molecule has 1 aliphatic rings. The number of nitrogens with one attached hydrogen (secondary N) is 1. The molecule has 2 heterocycles. The number of aromatic nitrogens is 1. The van der Waals surface area contributed by atoms with Crippen LogP contribution in [0.3, 0.4) is 0 Å². The van der Waals surface area contributed by atoms with E-state index in [1.165, 1.54) is 5.56 Å². The summed E-state index contributed by atoms with van der Waals surface area (Å²) in [5, 5.41) is 6.93. The first-order chi connectivity index (χ1) is 11.8. The molecule has 1 N–H and O–H groups in total. The fourth-order valence-corrected chi connectivity index (χ4v) is 3.45. The van der Waals surface area contributed by atoms with Gasteiger partial charge in [-0.3, -0.25) is 4.79 Å². The van der Waals surface area contributed by atoms with E-state index in [0.717, 1.165) is 36.9 Å². The third-order valence-electron chi connectivity index (χ3n) is 3.92. The normalized spacial score (nSPS) is 17.1. The van der Waals surface area contributed by atoms with Gasteiger partial charge in [0.05, 0.1) is 24.5 Å². The predicted molar refractivity (Wildman–Crippen MR) is 93.6 cm³/mol. The van der Waals surface area contributed by atoms with E-state index < -0.39 is 0 Å². The highest BCUT2D eigenvalue weighted by molar-refractivity contribution is 7.97. The Labute approximate surface area is 146 Å². The molecule has 0 bridgehead atoms. The summed E-state index contributed by atoms with van der Waals surface area (Å²) in [4.78, 5) is 11.9. The number of hydrogen-bond donors (Lipinski definition) is 1. The van der Waals surface area contributed by atoms with Crippen molar-refractivity contribution in [1.29, 1.82) is 0 Å². The summed E-state index contributed by atoms with van der Waals surface area (Å²) < 4.78 is 10.6. The van der Waals surface area contributed by atoms with Crippen molar-refractivity contribution in [1.82, 2.24) is 10.5 Å². The summed E-state index contributed by atoms with van der Waals surface area (Å²) in [7, 11) is 0. The lowest BCUT2D eigenvalue weighted by Gasteiger charge is -2.08. The van der Waals surface area contributed by atoms with Crippen LogP contribution in [0.1, 0.15) is 23.4 Å². The van der Waals surface area contributed by atoms with Gasteiger partial charge in [-0.05, 0) is 12.0 Å². The number of nitrogens with zero attached hydrogens (tertiary/aromatic N) is 1. The fourth-order valence-electron chi connectivity index (χ4n) is 2.58. The van der Waals surface area contributed by atoms with Gasteiger partial charge in [-0.2, -0.15) is 0 Å². The highest BCUT2D eigenvalue weighted by Gasteiger charge is 2.17. The Balaban J connectivity index is 1.37. The van der Waals surface area contributed by atoms with Gasteiger partial charge in [0.2, 0.25) is 5.91 Å². The van der Waals surface area contributed by atoms with Gasteiger partial charge >= 0.3 is 0 Å². The number of carbonyl (C=O) groups is 1. The molecular weight excluding hydrogens is 324 g/mol. The Kier molecular flexibility index (Phi) is 6.32. The van der Waals surface area contributed by atoms with Gasteiger partial charge in [0.1, 0.15) is 5.76 Å². The summed E-state index contributed by atoms with van der Waals surface area (Å²) in [6.45, 7) is 2.22. The Hall–Kier alpha value is -1.79. The van der Waals surface area contributed by atoms with Crippen LogP contribution in [-0.2, 0) is 27.5 Å². The molecular formula is C18H22N2O3S. The molecule has 2 aromatic rings. The lowest BCUT2D eigenvalue weighted by atomic mass is 10.1. The van der Waals surface area contributed by atoms with Gasteiger partial charge in [0.15, 0.2) is 0 Å². The number of amides is 1. The summed E-state index contributed by atoms with van der Waals surface area (Å²) in [5.74, 6) is 2.92. The summed E-state index contributed by atoms with van der Waals surface area (Å²) in [5.41, 5.74) is 1.97. The number of carbonyl (C=O) groups excluding carboxylic acids is 1. The molecule has 1 saturated heterocycles. The van der Waals surface area contributed by atoms with E-state index in [4.69, 9.17) is 9.26 Å². The number of rotatable bonds is 8. The van der Waals surface area contributed by atoms with Gasteiger partial charge < -0.3 is 14.6 Å². The SMILES string of the molecule is O=C(Cc1cc(CSCc2ccccc2)on1)NCC1CCOC1.